The van der Waals surface area contributed by atoms with E-state index in [1.54, 1.807) is 0 Å². The summed E-state index contributed by atoms with van der Waals surface area (Å²) < 4.78 is 5.64. The largest absolute Gasteiger partial charge is 0.379 e. The summed E-state index contributed by atoms with van der Waals surface area (Å²) >= 11 is 0. The third kappa shape index (κ3) is 4.49. The Balaban J connectivity index is 2.78. The molecular formula is C15H25NO. The molecule has 0 fully saturated rings. The number of ether oxygens (including phenoxy) is 1. The van der Waals surface area contributed by atoms with Gasteiger partial charge in [-0.05, 0) is 24.9 Å². The molecule has 2 heteroatoms. The molecule has 2 atom stereocenters. The lowest BCUT2D eigenvalue weighted by molar-refractivity contribution is 0.0606. The zero-order valence-corrected chi connectivity index (χ0v) is 11.3. The lowest BCUT2D eigenvalue weighted by Crippen LogP contribution is -2.33. The number of methoxy groups -OCH3 is 1. The fraction of sp³-hybridized carbons (Fsp3) is 0.600. The summed E-state index contributed by atoms with van der Waals surface area (Å²) in [6.45, 7) is 5.42. The maximum absolute atomic E-state index is 5.64. The molecule has 1 N–H and O–H groups in total. The van der Waals surface area contributed by atoms with Gasteiger partial charge in [0, 0.05) is 7.11 Å². The third-order valence-electron chi connectivity index (χ3n) is 3.02. The Morgan fingerprint density at radius 2 is 1.82 bits per heavy atom. The summed E-state index contributed by atoms with van der Waals surface area (Å²) in [5, 5.41) is 3.60. The van der Waals surface area contributed by atoms with Crippen molar-refractivity contribution in [1.82, 2.24) is 5.32 Å². The molecule has 0 radical (unpaired) electrons. The van der Waals surface area contributed by atoms with Crippen LogP contribution < -0.4 is 5.32 Å². The maximum atomic E-state index is 5.64. The molecule has 0 saturated heterocycles. The normalized spacial score (nSPS) is 14.5. The van der Waals surface area contributed by atoms with Crippen LogP contribution in [0.3, 0.4) is 0 Å². The minimum absolute atomic E-state index is 0.258. The Labute approximate surface area is 105 Å². The molecule has 96 valence electrons. The van der Waals surface area contributed by atoms with Gasteiger partial charge in [-0.2, -0.15) is 0 Å². The van der Waals surface area contributed by atoms with Crippen LogP contribution in [0.1, 0.15) is 44.7 Å². The SMILES string of the molecule is CCCNC(c1ccccc1)C(CCC)OC. The Hall–Kier alpha value is -0.860. The quantitative estimate of drug-likeness (QED) is 0.744. The van der Waals surface area contributed by atoms with E-state index in [0.29, 0.717) is 6.04 Å². The van der Waals surface area contributed by atoms with Crippen LogP contribution in [-0.4, -0.2) is 19.8 Å². The molecule has 0 bridgehead atoms. The molecule has 17 heavy (non-hydrogen) atoms. The summed E-state index contributed by atoms with van der Waals surface area (Å²) in [6, 6.07) is 10.9. The van der Waals surface area contributed by atoms with Crippen molar-refractivity contribution in [2.24, 2.45) is 0 Å². The number of hydrogen-bond donors (Lipinski definition) is 1. The molecule has 1 rings (SSSR count). The lowest BCUT2D eigenvalue weighted by atomic mass is 9.98. The highest BCUT2D eigenvalue weighted by molar-refractivity contribution is 5.20. The van der Waals surface area contributed by atoms with E-state index >= 15 is 0 Å². The molecule has 0 saturated carbocycles. The summed E-state index contributed by atoms with van der Waals surface area (Å²) in [6.07, 6.45) is 3.64. The van der Waals surface area contributed by atoms with Crippen molar-refractivity contribution in [2.45, 2.75) is 45.3 Å². The maximum Gasteiger partial charge on any atom is 0.0765 e. The van der Waals surface area contributed by atoms with Crippen molar-refractivity contribution in [1.29, 1.82) is 0 Å². The first-order chi connectivity index (χ1) is 8.33. The van der Waals surface area contributed by atoms with Crippen LogP contribution >= 0.6 is 0 Å². The zero-order valence-electron chi connectivity index (χ0n) is 11.3. The van der Waals surface area contributed by atoms with Gasteiger partial charge in [0.1, 0.15) is 0 Å². The number of nitrogens with one attached hydrogen (secondary N) is 1. The van der Waals surface area contributed by atoms with Gasteiger partial charge in [0.15, 0.2) is 0 Å². The van der Waals surface area contributed by atoms with Crippen molar-refractivity contribution in [3.63, 3.8) is 0 Å². The monoisotopic (exact) mass is 235 g/mol. The second kappa shape index (κ2) is 8.26. The Kier molecular flexibility index (Phi) is 6.90. The van der Waals surface area contributed by atoms with Crippen LogP contribution in [0.15, 0.2) is 30.3 Å². The van der Waals surface area contributed by atoms with Crippen LogP contribution in [0.5, 0.6) is 0 Å². The predicted molar refractivity (Wildman–Crippen MR) is 73.2 cm³/mol. The van der Waals surface area contributed by atoms with E-state index in [2.05, 4.69) is 49.5 Å². The smallest absolute Gasteiger partial charge is 0.0765 e. The lowest BCUT2D eigenvalue weighted by Gasteiger charge is -2.27. The van der Waals surface area contributed by atoms with Gasteiger partial charge in [-0.25, -0.2) is 0 Å². The highest BCUT2D eigenvalue weighted by Crippen LogP contribution is 2.22. The fourth-order valence-corrected chi connectivity index (χ4v) is 2.13. The van der Waals surface area contributed by atoms with Crippen LogP contribution in [0.25, 0.3) is 0 Å². The van der Waals surface area contributed by atoms with E-state index in [4.69, 9.17) is 4.74 Å². The molecule has 0 amide bonds. The number of benzene rings is 1. The first-order valence-corrected chi connectivity index (χ1v) is 6.64. The van der Waals surface area contributed by atoms with E-state index in [1.165, 1.54) is 5.56 Å². The van der Waals surface area contributed by atoms with Gasteiger partial charge < -0.3 is 10.1 Å². The minimum Gasteiger partial charge on any atom is -0.379 e. The molecule has 0 aliphatic rings. The van der Waals surface area contributed by atoms with Crippen LogP contribution in [-0.2, 0) is 4.74 Å². The van der Waals surface area contributed by atoms with Gasteiger partial charge in [0.2, 0.25) is 0 Å². The van der Waals surface area contributed by atoms with Crippen molar-refractivity contribution in [2.75, 3.05) is 13.7 Å². The second-order valence-corrected chi connectivity index (χ2v) is 4.41. The molecule has 1 aromatic carbocycles. The molecule has 2 nitrogen and oxygen atoms in total. The topological polar surface area (TPSA) is 21.3 Å². The molecule has 0 aliphatic carbocycles. The van der Waals surface area contributed by atoms with Crippen molar-refractivity contribution < 1.29 is 4.74 Å². The Bertz CT molecular complexity index is 286. The average molecular weight is 235 g/mol. The third-order valence-corrected chi connectivity index (χ3v) is 3.02. The van der Waals surface area contributed by atoms with E-state index in [-0.39, 0.29) is 6.10 Å². The molecule has 0 spiro atoms. The second-order valence-electron chi connectivity index (χ2n) is 4.41. The van der Waals surface area contributed by atoms with E-state index in [9.17, 15) is 0 Å². The molecular weight excluding hydrogens is 210 g/mol. The van der Waals surface area contributed by atoms with Gasteiger partial charge in [-0.1, -0.05) is 50.6 Å². The van der Waals surface area contributed by atoms with Gasteiger partial charge in [-0.15, -0.1) is 0 Å². The van der Waals surface area contributed by atoms with Gasteiger partial charge >= 0.3 is 0 Å². The Morgan fingerprint density at radius 1 is 1.12 bits per heavy atom. The van der Waals surface area contributed by atoms with Crippen molar-refractivity contribution >= 4 is 0 Å². The standard InChI is InChI=1S/C15H25NO/c1-4-9-14(17-3)15(16-12-5-2)13-10-7-6-8-11-13/h6-8,10-11,14-16H,4-5,9,12H2,1-3H3. The van der Waals surface area contributed by atoms with Crippen molar-refractivity contribution in [3.8, 4) is 0 Å². The molecule has 0 aromatic heterocycles. The summed E-state index contributed by atoms with van der Waals surface area (Å²) in [4.78, 5) is 0. The van der Waals surface area contributed by atoms with E-state index in [0.717, 1.165) is 25.8 Å². The number of rotatable bonds is 8. The highest BCUT2D eigenvalue weighted by Gasteiger charge is 2.21. The predicted octanol–water partition coefficient (Wildman–Crippen LogP) is 3.54. The first-order valence-electron chi connectivity index (χ1n) is 6.64. The molecule has 0 aliphatic heterocycles. The zero-order chi connectivity index (χ0) is 12.5. The molecule has 2 unspecified atom stereocenters. The first kappa shape index (κ1) is 14.2. The summed E-state index contributed by atoms with van der Waals surface area (Å²) in [7, 11) is 1.81. The Morgan fingerprint density at radius 3 is 2.35 bits per heavy atom. The van der Waals surface area contributed by atoms with Gasteiger partial charge in [0.05, 0.1) is 12.1 Å². The molecule has 1 aromatic rings. The minimum atomic E-state index is 0.258. The van der Waals surface area contributed by atoms with Gasteiger partial charge in [-0.3, -0.25) is 0 Å². The van der Waals surface area contributed by atoms with Crippen LogP contribution in [0.2, 0.25) is 0 Å². The van der Waals surface area contributed by atoms with Crippen molar-refractivity contribution in [3.05, 3.63) is 35.9 Å². The average Bonchev–Trinajstić information content (AvgIpc) is 2.39. The van der Waals surface area contributed by atoms with Gasteiger partial charge in [0.25, 0.3) is 0 Å². The van der Waals surface area contributed by atoms with E-state index < -0.39 is 0 Å². The van der Waals surface area contributed by atoms with Crippen LogP contribution in [0.4, 0.5) is 0 Å². The van der Waals surface area contributed by atoms with E-state index in [1.807, 2.05) is 7.11 Å². The summed E-state index contributed by atoms with van der Waals surface area (Å²) in [5.41, 5.74) is 1.32. The summed E-state index contributed by atoms with van der Waals surface area (Å²) in [5.74, 6) is 0. The van der Waals surface area contributed by atoms with Crippen LogP contribution in [0, 0.1) is 0 Å². The fourth-order valence-electron chi connectivity index (χ4n) is 2.13. The molecule has 0 heterocycles. The highest BCUT2D eigenvalue weighted by atomic mass is 16.5. The number of hydrogen-bond acceptors (Lipinski definition) is 2.